The minimum atomic E-state index is 0.707. The first kappa shape index (κ1) is 19.0. The van der Waals surface area contributed by atoms with E-state index in [0.29, 0.717) is 13.2 Å². The molecule has 138 valence electrons. The number of thiophene rings is 2. The van der Waals surface area contributed by atoms with E-state index in [4.69, 9.17) is 9.47 Å². The molecular weight excluding hydrogens is 360 g/mol. The Hall–Kier alpha value is -1.78. The van der Waals surface area contributed by atoms with E-state index in [-0.39, 0.29) is 0 Å². The molecule has 0 aliphatic rings. The van der Waals surface area contributed by atoms with Crippen molar-refractivity contribution in [3.63, 3.8) is 0 Å². The van der Waals surface area contributed by atoms with Gasteiger partial charge in [-0.2, -0.15) is 0 Å². The smallest absolute Gasteiger partial charge is 0.170 e. The van der Waals surface area contributed by atoms with Gasteiger partial charge in [-0.1, -0.05) is 52.0 Å². The molecule has 0 spiro atoms. The van der Waals surface area contributed by atoms with Crippen LogP contribution in [0.4, 0.5) is 0 Å². The SMILES string of the molecule is C=Cc1cc2c(OCCCC)c(OCCCC)c3cc(C=C)sc3c2s1. The van der Waals surface area contributed by atoms with Gasteiger partial charge < -0.3 is 9.47 Å². The van der Waals surface area contributed by atoms with Crippen LogP contribution in [0.15, 0.2) is 25.3 Å². The van der Waals surface area contributed by atoms with Crippen molar-refractivity contribution in [3.8, 4) is 11.5 Å². The van der Waals surface area contributed by atoms with Crippen LogP contribution >= 0.6 is 22.7 Å². The second-order valence-corrected chi connectivity index (χ2v) is 8.42. The van der Waals surface area contributed by atoms with Gasteiger partial charge in [0.1, 0.15) is 0 Å². The Morgan fingerprint density at radius 1 is 0.808 bits per heavy atom. The van der Waals surface area contributed by atoms with E-state index in [2.05, 4.69) is 39.1 Å². The summed E-state index contributed by atoms with van der Waals surface area (Å²) in [5, 5.41) is 2.27. The first-order valence-corrected chi connectivity index (χ1v) is 10.9. The Morgan fingerprint density at radius 2 is 1.23 bits per heavy atom. The maximum Gasteiger partial charge on any atom is 0.170 e. The Labute approximate surface area is 163 Å². The summed E-state index contributed by atoms with van der Waals surface area (Å²) in [6.07, 6.45) is 8.11. The van der Waals surface area contributed by atoms with Crippen molar-refractivity contribution >= 4 is 55.0 Å². The third-order valence-corrected chi connectivity index (χ3v) is 6.72. The molecule has 3 aromatic rings. The molecule has 3 rings (SSSR count). The second-order valence-electron chi connectivity index (χ2n) is 6.25. The van der Waals surface area contributed by atoms with Gasteiger partial charge in [0.2, 0.25) is 0 Å². The highest BCUT2D eigenvalue weighted by molar-refractivity contribution is 7.28. The molecule has 0 atom stereocenters. The molecule has 0 unspecified atom stereocenters. The van der Waals surface area contributed by atoms with E-state index >= 15 is 0 Å². The summed E-state index contributed by atoms with van der Waals surface area (Å²) in [6, 6.07) is 4.35. The molecule has 0 bridgehead atoms. The van der Waals surface area contributed by atoms with E-state index in [1.54, 1.807) is 22.7 Å². The van der Waals surface area contributed by atoms with Crippen LogP contribution in [0.3, 0.4) is 0 Å². The van der Waals surface area contributed by atoms with Gasteiger partial charge >= 0.3 is 0 Å². The third kappa shape index (κ3) is 3.67. The average Bonchev–Trinajstić information content (AvgIpc) is 3.27. The van der Waals surface area contributed by atoms with Crippen molar-refractivity contribution in [1.29, 1.82) is 0 Å². The summed E-state index contributed by atoms with van der Waals surface area (Å²) in [4.78, 5) is 2.31. The lowest BCUT2D eigenvalue weighted by Gasteiger charge is -2.15. The number of ether oxygens (including phenoxy) is 2. The van der Waals surface area contributed by atoms with Crippen LogP contribution in [0.1, 0.15) is 49.3 Å². The zero-order valence-corrected chi connectivity index (χ0v) is 17.2. The van der Waals surface area contributed by atoms with Crippen LogP contribution in [-0.4, -0.2) is 13.2 Å². The van der Waals surface area contributed by atoms with Crippen molar-refractivity contribution in [3.05, 3.63) is 35.0 Å². The second kappa shape index (κ2) is 8.74. The molecule has 1 aromatic carbocycles. The van der Waals surface area contributed by atoms with Gasteiger partial charge in [0.05, 0.1) is 22.6 Å². The lowest BCUT2D eigenvalue weighted by molar-refractivity contribution is 0.267. The molecule has 0 radical (unpaired) electrons. The Bertz CT molecular complexity index is 842. The molecule has 4 heteroatoms. The van der Waals surface area contributed by atoms with E-state index in [9.17, 15) is 0 Å². The summed E-state index contributed by atoms with van der Waals surface area (Å²) in [6.45, 7) is 13.7. The first-order chi connectivity index (χ1) is 12.7. The van der Waals surface area contributed by atoms with Crippen LogP contribution in [0.25, 0.3) is 32.3 Å². The molecule has 2 aromatic heterocycles. The zero-order chi connectivity index (χ0) is 18.5. The monoisotopic (exact) mass is 386 g/mol. The van der Waals surface area contributed by atoms with Crippen molar-refractivity contribution in [2.75, 3.05) is 13.2 Å². The van der Waals surface area contributed by atoms with Gasteiger partial charge in [-0.15, -0.1) is 22.7 Å². The highest BCUT2D eigenvalue weighted by Gasteiger charge is 2.21. The highest BCUT2D eigenvalue weighted by atomic mass is 32.1. The van der Waals surface area contributed by atoms with Crippen LogP contribution in [-0.2, 0) is 0 Å². The number of hydrogen-bond donors (Lipinski definition) is 0. The normalized spacial score (nSPS) is 11.2. The molecule has 0 amide bonds. The maximum absolute atomic E-state index is 6.26. The fraction of sp³-hybridized carbons (Fsp3) is 0.364. The molecule has 2 nitrogen and oxygen atoms in total. The molecule has 0 N–H and O–H groups in total. The molecule has 0 aliphatic heterocycles. The van der Waals surface area contributed by atoms with E-state index in [0.717, 1.165) is 57.7 Å². The quantitative estimate of drug-likeness (QED) is 0.331. The van der Waals surface area contributed by atoms with Gasteiger partial charge in [-0.25, -0.2) is 0 Å². The largest absolute Gasteiger partial charge is 0.489 e. The van der Waals surface area contributed by atoms with Crippen molar-refractivity contribution in [2.24, 2.45) is 0 Å². The highest BCUT2D eigenvalue weighted by Crippen LogP contribution is 2.50. The summed E-state index contributed by atoms with van der Waals surface area (Å²) in [5.74, 6) is 1.77. The summed E-state index contributed by atoms with van der Waals surface area (Å²) in [7, 11) is 0. The number of unbranched alkanes of at least 4 members (excludes halogenated alkanes) is 2. The van der Waals surface area contributed by atoms with E-state index in [1.807, 2.05) is 12.2 Å². The topological polar surface area (TPSA) is 18.5 Å². The van der Waals surface area contributed by atoms with E-state index in [1.165, 1.54) is 9.40 Å². The minimum Gasteiger partial charge on any atom is -0.489 e. The lowest BCUT2D eigenvalue weighted by Crippen LogP contribution is -2.03. The Balaban J connectivity index is 2.23. The van der Waals surface area contributed by atoms with Crippen molar-refractivity contribution in [2.45, 2.75) is 39.5 Å². The fourth-order valence-corrected chi connectivity index (χ4v) is 5.03. The van der Waals surface area contributed by atoms with Crippen LogP contribution in [0.5, 0.6) is 11.5 Å². The Morgan fingerprint density at radius 3 is 1.58 bits per heavy atom. The molecule has 0 saturated carbocycles. The third-order valence-electron chi connectivity index (χ3n) is 4.29. The van der Waals surface area contributed by atoms with Gasteiger partial charge in [-0.3, -0.25) is 0 Å². The zero-order valence-electron chi connectivity index (χ0n) is 15.6. The van der Waals surface area contributed by atoms with Crippen LogP contribution < -0.4 is 9.47 Å². The van der Waals surface area contributed by atoms with Gasteiger partial charge in [-0.05, 0) is 25.0 Å². The van der Waals surface area contributed by atoms with Crippen LogP contribution in [0.2, 0.25) is 0 Å². The average molecular weight is 387 g/mol. The summed E-state index contributed by atoms with van der Waals surface area (Å²) < 4.78 is 15.0. The molecular formula is C22H26O2S2. The molecule has 0 aliphatic carbocycles. The maximum atomic E-state index is 6.26. The van der Waals surface area contributed by atoms with Gasteiger partial charge in [0, 0.05) is 20.5 Å². The fourth-order valence-electron chi connectivity index (χ4n) is 2.86. The molecule has 0 saturated heterocycles. The van der Waals surface area contributed by atoms with Crippen molar-refractivity contribution < 1.29 is 9.47 Å². The molecule has 0 fully saturated rings. The van der Waals surface area contributed by atoms with Crippen molar-refractivity contribution in [1.82, 2.24) is 0 Å². The van der Waals surface area contributed by atoms with E-state index < -0.39 is 0 Å². The number of fused-ring (bicyclic) bond motifs is 3. The first-order valence-electron chi connectivity index (χ1n) is 9.26. The predicted octanol–water partition coefficient (Wildman–Crippen LogP) is 7.76. The van der Waals surface area contributed by atoms with Gasteiger partial charge in [0.25, 0.3) is 0 Å². The van der Waals surface area contributed by atoms with Gasteiger partial charge in [0.15, 0.2) is 11.5 Å². The number of hydrogen-bond acceptors (Lipinski definition) is 4. The van der Waals surface area contributed by atoms with Crippen LogP contribution in [0, 0.1) is 0 Å². The molecule has 2 heterocycles. The Kier molecular flexibility index (Phi) is 6.38. The predicted molar refractivity (Wildman–Crippen MR) is 118 cm³/mol. The number of rotatable bonds is 10. The molecule has 26 heavy (non-hydrogen) atoms. The standard InChI is InChI=1S/C22H26O2S2/c1-5-9-11-23-19-17-13-15(7-3)25-21(17)22-18(14-16(8-4)26-22)20(19)24-12-10-6-2/h7-8,13-14H,3-6,9-12H2,1-2H3. The minimum absolute atomic E-state index is 0.707. The summed E-state index contributed by atoms with van der Waals surface area (Å²) >= 11 is 3.53. The lowest BCUT2D eigenvalue weighted by atomic mass is 10.1. The number of benzene rings is 1. The summed E-state index contributed by atoms with van der Waals surface area (Å²) in [5.41, 5.74) is 0.